The molecule has 2 rings (SSSR count). The Hall–Kier alpha value is -0.830. The number of rotatable bonds is 7. The van der Waals surface area contributed by atoms with Crippen molar-refractivity contribution in [1.82, 2.24) is 15.1 Å². The molecule has 0 atom stereocenters. The van der Waals surface area contributed by atoms with E-state index >= 15 is 0 Å². The number of aryl methyl sites for hydroxylation is 2. The Bertz CT molecular complexity index is 386. The van der Waals surface area contributed by atoms with E-state index in [1.54, 1.807) is 0 Å². The summed E-state index contributed by atoms with van der Waals surface area (Å²) in [5.74, 6) is 0. The molecule has 1 aromatic heterocycles. The lowest BCUT2D eigenvalue weighted by molar-refractivity contribution is 0.240. The minimum Gasteiger partial charge on any atom is -0.313 e. The average Bonchev–Trinajstić information content (AvgIpc) is 3.12. The topological polar surface area (TPSA) is 29.9 Å². The normalized spacial score (nSPS) is 16.2. The van der Waals surface area contributed by atoms with E-state index in [2.05, 4.69) is 44.3 Å². The second kappa shape index (κ2) is 5.43. The van der Waals surface area contributed by atoms with Gasteiger partial charge in [0.05, 0.1) is 5.69 Å². The molecule has 1 heterocycles. The molecule has 3 heteroatoms. The maximum atomic E-state index is 4.47. The van der Waals surface area contributed by atoms with Crippen molar-refractivity contribution in [2.24, 2.45) is 12.5 Å². The molecule has 1 aromatic rings. The van der Waals surface area contributed by atoms with Crippen LogP contribution in [-0.4, -0.2) is 22.4 Å². The van der Waals surface area contributed by atoms with Crippen LogP contribution >= 0.6 is 0 Å². The van der Waals surface area contributed by atoms with Gasteiger partial charge in [0.2, 0.25) is 0 Å². The zero-order valence-electron chi connectivity index (χ0n) is 12.3. The van der Waals surface area contributed by atoms with E-state index in [1.807, 2.05) is 4.68 Å². The maximum Gasteiger partial charge on any atom is 0.0596 e. The molecule has 0 bridgehead atoms. The fourth-order valence-corrected chi connectivity index (χ4v) is 2.67. The summed E-state index contributed by atoms with van der Waals surface area (Å²) in [6, 6.07) is 3.03. The number of hydrogen-bond donors (Lipinski definition) is 1. The van der Waals surface area contributed by atoms with Gasteiger partial charge in [-0.05, 0) is 50.5 Å². The molecule has 1 saturated carbocycles. The van der Waals surface area contributed by atoms with Gasteiger partial charge >= 0.3 is 0 Å². The summed E-state index contributed by atoms with van der Waals surface area (Å²) in [5.41, 5.74) is 2.89. The Morgan fingerprint density at radius 3 is 2.50 bits per heavy atom. The number of nitrogens with zero attached hydrogens (tertiary/aromatic N) is 2. The van der Waals surface area contributed by atoms with Crippen molar-refractivity contribution in [3.63, 3.8) is 0 Å². The van der Waals surface area contributed by atoms with Crippen LogP contribution in [0.15, 0.2) is 6.07 Å². The second-order valence-electron chi connectivity index (χ2n) is 5.94. The maximum absolute atomic E-state index is 4.47. The van der Waals surface area contributed by atoms with E-state index in [0.717, 1.165) is 24.7 Å². The standard InChI is InChI=1S/C15H27N3/c1-5-15(6-2,11-16-13-7-8-13)10-14-9-12(3)17-18(14)4/h9,13,16H,5-8,10-11H2,1-4H3. The van der Waals surface area contributed by atoms with Crippen molar-refractivity contribution in [2.45, 2.75) is 58.9 Å². The van der Waals surface area contributed by atoms with E-state index < -0.39 is 0 Å². The molecule has 18 heavy (non-hydrogen) atoms. The summed E-state index contributed by atoms with van der Waals surface area (Å²) in [5, 5.41) is 8.18. The summed E-state index contributed by atoms with van der Waals surface area (Å²) in [4.78, 5) is 0. The fraction of sp³-hybridized carbons (Fsp3) is 0.800. The Kier molecular flexibility index (Phi) is 4.10. The minimum absolute atomic E-state index is 0.392. The van der Waals surface area contributed by atoms with Crippen molar-refractivity contribution < 1.29 is 0 Å². The molecule has 0 saturated heterocycles. The van der Waals surface area contributed by atoms with Crippen LogP contribution < -0.4 is 5.32 Å². The van der Waals surface area contributed by atoms with Gasteiger partial charge in [0.1, 0.15) is 0 Å². The highest BCUT2D eigenvalue weighted by Gasteiger charge is 2.30. The highest BCUT2D eigenvalue weighted by Crippen LogP contribution is 2.32. The minimum atomic E-state index is 0.392. The third-order valence-corrected chi connectivity index (χ3v) is 4.50. The second-order valence-corrected chi connectivity index (χ2v) is 5.94. The SMILES string of the molecule is CCC(CC)(CNC1CC1)Cc1cc(C)nn1C. The van der Waals surface area contributed by atoms with Gasteiger partial charge in [-0.25, -0.2) is 0 Å². The third kappa shape index (κ3) is 3.14. The summed E-state index contributed by atoms with van der Waals surface area (Å²) < 4.78 is 2.05. The molecule has 102 valence electrons. The van der Waals surface area contributed by atoms with E-state index in [1.165, 1.54) is 31.4 Å². The quantitative estimate of drug-likeness (QED) is 0.805. The summed E-state index contributed by atoms with van der Waals surface area (Å²) in [6.07, 6.45) is 6.33. The molecule has 0 radical (unpaired) electrons. The first-order valence-electron chi connectivity index (χ1n) is 7.31. The van der Waals surface area contributed by atoms with Gasteiger partial charge in [0, 0.05) is 25.3 Å². The number of hydrogen-bond acceptors (Lipinski definition) is 2. The van der Waals surface area contributed by atoms with Crippen molar-refractivity contribution in [3.8, 4) is 0 Å². The van der Waals surface area contributed by atoms with E-state index in [0.29, 0.717) is 5.41 Å². The monoisotopic (exact) mass is 249 g/mol. The van der Waals surface area contributed by atoms with Gasteiger partial charge in [-0.3, -0.25) is 4.68 Å². The van der Waals surface area contributed by atoms with Gasteiger partial charge in [0.15, 0.2) is 0 Å². The van der Waals surface area contributed by atoms with Crippen LogP contribution in [0.1, 0.15) is 50.9 Å². The molecular weight excluding hydrogens is 222 g/mol. The van der Waals surface area contributed by atoms with Crippen molar-refractivity contribution >= 4 is 0 Å². The predicted molar refractivity (Wildman–Crippen MR) is 75.7 cm³/mol. The Labute approximate surface area is 111 Å². The smallest absolute Gasteiger partial charge is 0.0596 e. The van der Waals surface area contributed by atoms with Crippen LogP contribution in [0, 0.1) is 12.3 Å². The van der Waals surface area contributed by atoms with Crippen LogP contribution in [0.4, 0.5) is 0 Å². The highest BCUT2D eigenvalue weighted by atomic mass is 15.3. The average molecular weight is 249 g/mol. The van der Waals surface area contributed by atoms with E-state index in [-0.39, 0.29) is 0 Å². The van der Waals surface area contributed by atoms with E-state index in [9.17, 15) is 0 Å². The number of aromatic nitrogens is 2. The molecule has 0 aromatic carbocycles. The molecule has 1 aliphatic rings. The first-order chi connectivity index (χ1) is 8.58. The summed E-state index contributed by atoms with van der Waals surface area (Å²) >= 11 is 0. The number of nitrogens with one attached hydrogen (secondary N) is 1. The molecule has 0 amide bonds. The van der Waals surface area contributed by atoms with Gasteiger partial charge < -0.3 is 5.32 Å². The Morgan fingerprint density at radius 1 is 1.39 bits per heavy atom. The van der Waals surface area contributed by atoms with Crippen molar-refractivity contribution in [2.75, 3.05) is 6.54 Å². The van der Waals surface area contributed by atoms with Gasteiger partial charge in [-0.15, -0.1) is 0 Å². The lowest BCUT2D eigenvalue weighted by Gasteiger charge is -2.32. The zero-order chi connectivity index (χ0) is 13.2. The third-order valence-electron chi connectivity index (χ3n) is 4.50. The summed E-state index contributed by atoms with van der Waals surface area (Å²) in [7, 11) is 2.06. The molecule has 1 fully saturated rings. The van der Waals surface area contributed by atoms with Crippen LogP contribution in [-0.2, 0) is 13.5 Å². The molecule has 0 unspecified atom stereocenters. The largest absolute Gasteiger partial charge is 0.313 e. The molecule has 1 aliphatic carbocycles. The lowest BCUT2D eigenvalue weighted by atomic mass is 9.78. The predicted octanol–water partition coefficient (Wildman–Crippen LogP) is 2.83. The Balaban J connectivity index is 2.05. The first kappa shape index (κ1) is 13.6. The molecule has 0 aliphatic heterocycles. The van der Waals surface area contributed by atoms with Gasteiger partial charge in [0.25, 0.3) is 0 Å². The Morgan fingerprint density at radius 2 is 2.06 bits per heavy atom. The first-order valence-corrected chi connectivity index (χ1v) is 7.31. The summed E-state index contributed by atoms with van der Waals surface area (Å²) in [6.45, 7) is 7.86. The molecular formula is C15H27N3. The van der Waals surface area contributed by atoms with Crippen molar-refractivity contribution in [3.05, 3.63) is 17.5 Å². The van der Waals surface area contributed by atoms with Crippen molar-refractivity contribution in [1.29, 1.82) is 0 Å². The molecule has 3 nitrogen and oxygen atoms in total. The van der Waals surface area contributed by atoms with Crippen LogP contribution in [0.5, 0.6) is 0 Å². The molecule has 1 N–H and O–H groups in total. The van der Waals surface area contributed by atoms with Gasteiger partial charge in [-0.1, -0.05) is 13.8 Å². The lowest BCUT2D eigenvalue weighted by Crippen LogP contribution is -2.36. The van der Waals surface area contributed by atoms with Crippen LogP contribution in [0.25, 0.3) is 0 Å². The molecule has 0 spiro atoms. The van der Waals surface area contributed by atoms with Gasteiger partial charge in [-0.2, -0.15) is 5.10 Å². The van der Waals surface area contributed by atoms with E-state index in [4.69, 9.17) is 0 Å². The highest BCUT2D eigenvalue weighted by molar-refractivity contribution is 5.11. The fourth-order valence-electron chi connectivity index (χ4n) is 2.67. The van der Waals surface area contributed by atoms with Crippen LogP contribution in [0.2, 0.25) is 0 Å². The zero-order valence-corrected chi connectivity index (χ0v) is 12.3. The van der Waals surface area contributed by atoms with Crippen LogP contribution in [0.3, 0.4) is 0 Å².